The van der Waals surface area contributed by atoms with E-state index in [1.165, 1.54) is 12.3 Å². The zero-order valence-electron chi connectivity index (χ0n) is 15.9. The summed E-state index contributed by atoms with van der Waals surface area (Å²) >= 11 is 0. The Morgan fingerprint density at radius 1 is 1.39 bits per heavy atom. The van der Waals surface area contributed by atoms with Gasteiger partial charge in [0.1, 0.15) is 0 Å². The summed E-state index contributed by atoms with van der Waals surface area (Å²) in [5.74, 6) is -0.871. The van der Waals surface area contributed by atoms with Crippen LogP contribution >= 0.6 is 0 Å². The Morgan fingerprint density at radius 3 is 2.93 bits per heavy atom. The molecule has 150 valence electrons. The molecular formula is C19H25N5O4. The number of hydrogen-bond donors (Lipinski definition) is 2. The van der Waals surface area contributed by atoms with Crippen molar-refractivity contribution in [2.75, 3.05) is 13.7 Å². The van der Waals surface area contributed by atoms with Gasteiger partial charge in [0.15, 0.2) is 0 Å². The van der Waals surface area contributed by atoms with Gasteiger partial charge in [0.2, 0.25) is 5.91 Å². The maximum Gasteiger partial charge on any atom is 0.337 e. The van der Waals surface area contributed by atoms with Crippen molar-refractivity contribution in [2.24, 2.45) is 11.8 Å². The second kappa shape index (κ2) is 9.41. The van der Waals surface area contributed by atoms with E-state index in [0.717, 1.165) is 31.5 Å². The summed E-state index contributed by atoms with van der Waals surface area (Å²) in [5.41, 5.74) is 1.57. The van der Waals surface area contributed by atoms with Crippen molar-refractivity contribution in [3.05, 3.63) is 41.5 Å². The molecule has 0 saturated heterocycles. The van der Waals surface area contributed by atoms with Crippen molar-refractivity contribution in [1.29, 1.82) is 0 Å². The zero-order valence-corrected chi connectivity index (χ0v) is 15.9. The minimum Gasteiger partial charge on any atom is -0.478 e. The molecule has 0 aromatic carbocycles. The molecule has 1 unspecified atom stereocenters. The van der Waals surface area contributed by atoms with Gasteiger partial charge in [0, 0.05) is 57.7 Å². The summed E-state index contributed by atoms with van der Waals surface area (Å²) in [6.45, 7) is 1.65. The summed E-state index contributed by atoms with van der Waals surface area (Å²) in [5, 5.41) is 20.3. The summed E-state index contributed by atoms with van der Waals surface area (Å²) in [4.78, 5) is 27.7. The molecule has 1 atom stereocenters. The smallest absolute Gasteiger partial charge is 0.337 e. The Kier molecular flexibility index (Phi) is 6.70. The van der Waals surface area contributed by atoms with Crippen LogP contribution in [0.1, 0.15) is 40.9 Å². The summed E-state index contributed by atoms with van der Waals surface area (Å²) in [6, 6.07) is 1.52. The molecule has 3 rings (SSSR count). The van der Waals surface area contributed by atoms with Crippen LogP contribution in [0.25, 0.3) is 0 Å². The minimum absolute atomic E-state index is 0.0443. The largest absolute Gasteiger partial charge is 0.478 e. The van der Waals surface area contributed by atoms with Crippen molar-refractivity contribution in [1.82, 2.24) is 25.3 Å². The Morgan fingerprint density at radius 2 is 2.21 bits per heavy atom. The predicted octanol–water partition coefficient (Wildman–Crippen LogP) is 1.29. The zero-order chi connectivity index (χ0) is 19.9. The molecule has 28 heavy (non-hydrogen) atoms. The summed E-state index contributed by atoms with van der Waals surface area (Å²) in [6.07, 6.45) is 8.22. The Bertz CT molecular complexity index is 818. The van der Waals surface area contributed by atoms with Crippen LogP contribution in [0.4, 0.5) is 0 Å². The van der Waals surface area contributed by atoms with Gasteiger partial charge in [-0.25, -0.2) is 4.79 Å². The van der Waals surface area contributed by atoms with Gasteiger partial charge in [-0.15, -0.1) is 5.10 Å². The number of aromatic carboxylic acids is 1. The highest BCUT2D eigenvalue weighted by Gasteiger charge is 2.36. The van der Waals surface area contributed by atoms with E-state index in [1.807, 2.05) is 6.20 Å². The molecule has 1 aliphatic carbocycles. The molecule has 0 spiro atoms. The van der Waals surface area contributed by atoms with E-state index < -0.39 is 5.97 Å². The third kappa shape index (κ3) is 5.59. The third-order valence-electron chi connectivity index (χ3n) is 4.79. The third-order valence-corrected chi connectivity index (χ3v) is 4.79. The van der Waals surface area contributed by atoms with Gasteiger partial charge in [-0.05, 0) is 36.8 Å². The van der Waals surface area contributed by atoms with E-state index in [2.05, 4.69) is 20.6 Å². The predicted molar refractivity (Wildman–Crippen MR) is 99.5 cm³/mol. The second-order valence-electron chi connectivity index (χ2n) is 7.07. The summed E-state index contributed by atoms with van der Waals surface area (Å²) < 4.78 is 6.82. The van der Waals surface area contributed by atoms with Crippen LogP contribution in [-0.4, -0.2) is 50.7 Å². The average Bonchev–Trinajstić information content (AvgIpc) is 3.44. The number of hydrogen-bond acceptors (Lipinski definition) is 6. The fourth-order valence-electron chi connectivity index (χ4n) is 3.13. The molecule has 2 N–H and O–H groups in total. The molecule has 2 aromatic rings. The highest BCUT2D eigenvalue weighted by molar-refractivity contribution is 5.87. The number of carboxylic acid groups (broad SMARTS) is 1. The number of aromatic nitrogens is 4. The highest BCUT2D eigenvalue weighted by Crippen LogP contribution is 2.38. The fraction of sp³-hybridized carbons (Fsp3) is 0.526. The van der Waals surface area contributed by atoms with E-state index in [4.69, 9.17) is 9.84 Å². The number of methoxy groups -OCH3 is 1. The second-order valence-corrected chi connectivity index (χ2v) is 7.07. The Labute approximate surface area is 163 Å². The van der Waals surface area contributed by atoms with Crippen molar-refractivity contribution in [3.63, 3.8) is 0 Å². The number of aryl methyl sites for hydroxylation is 1. The summed E-state index contributed by atoms with van der Waals surface area (Å²) in [7, 11) is 1.67. The van der Waals surface area contributed by atoms with Gasteiger partial charge in [-0.3, -0.25) is 14.5 Å². The molecule has 1 saturated carbocycles. The van der Waals surface area contributed by atoms with Crippen LogP contribution in [0, 0.1) is 11.8 Å². The standard InChI is InChI=1S/C19H25N5O4/c1-28-6-2-5-24-12-16(22-23-24)8-17(14-3-4-14)18(25)21-10-13-7-15(19(26)27)11-20-9-13/h7,9,11-12,14,17H,2-6,8,10H2,1H3,(H,21,25)(H,26,27). The molecule has 9 heteroatoms. The molecule has 1 amide bonds. The molecule has 0 aliphatic heterocycles. The van der Waals surface area contributed by atoms with E-state index in [-0.39, 0.29) is 23.9 Å². The van der Waals surface area contributed by atoms with Crippen molar-refractivity contribution in [2.45, 2.75) is 38.8 Å². The van der Waals surface area contributed by atoms with Gasteiger partial charge in [0.25, 0.3) is 0 Å². The normalized spacial score (nSPS) is 14.6. The lowest BCUT2D eigenvalue weighted by molar-refractivity contribution is -0.125. The number of carbonyl (C=O) groups is 2. The van der Waals surface area contributed by atoms with Gasteiger partial charge in [-0.1, -0.05) is 5.21 Å². The lowest BCUT2D eigenvalue weighted by atomic mass is 9.97. The lowest BCUT2D eigenvalue weighted by Gasteiger charge is -2.15. The topological polar surface area (TPSA) is 119 Å². The maximum absolute atomic E-state index is 12.7. The Hall–Kier alpha value is -2.81. The first kappa shape index (κ1) is 19.9. The highest BCUT2D eigenvalue weighted by atomic mass is 16.5. The first-order chi connectivity index (χ1) is 13.6. The molecular weight excluding hydrogens is 362 g/mol. The number of carbonyl (C=O) groups excluding carboxylic acids is 1. The van der Waals surface area contributed by atoms with Crippen LogP contribution < -0.4 is 5.32 Å². The molecule has 1 fully saturated rings. The van der Waals surface area contributed by atoms with Crippen LogP contribution in [0.2, 0.25) is 0 Å². The molecule has 1 aliphatic rings. The first-order valence-corrected chi connectivity index (χ1v) is 9.39. The number of nitrogens with one attached hydrogen (secondary N) is 1. The number of carboxylic acids is 1. The van der Waals surface area contributed by atoms with Crippen molar-refractivity contribution < 1.29 is 19.4 Å². The van der Waals surface area contributed by atoms with E-state index in [9.17, 15) is 9.59 Å². The molecule has 2 heterocycles. The van der Waals surface area contributed by atoms with Gasteiger partial charge in [-0.2, -0.15) is 0 Å². The molecule has 0 radical (unpaired) electrons. The number of ether oxygens (including phenoxy) is 1. The van der Waals surface area contributed by atoms with Gasteiger partial charge < -0.3 is 15.2 Å². The van der Waals surface area contributed by atoms with Crippen LogP contribution in [0.15, 0.2) is 24.7 Å². The van der Waals surface area contributed by atoms with E-state index in [0.29, 0.717) is 24.5 Å². The van der Waals surface area contributed by atoms with E-state index in [1.54, 1.807) is 18.0 Å². The minimum atomic E-state index is -1.04. The van der Waals surface area contributed by atoms with Gasteiger partial charge in [0.05, 0.1) is 11.3 Å². The number of rotatable bonds is 11. The van der Waals surface area contributed by atoms with Crippen LogP contribution in [-0.2, 0) is 29.0 Å². The first-order valence-electron chi connectivity index (χ1n) is 9.39. The number of amides is 1. The quantitative estimate of drug-likeness (QED) is 0.558. The Balaban J connectivity index is 1.56. The maximum atomic E-state index is 12.7. The molecule has 0 bridgehead atoms. The SMILES string of the molecule is COCCCn1cc(CC(C(=O)NCc2cncc(C(=O)O)c2)C2CC2)nn1. The molecule has 2 aromatic heterocycles. The van der Waals surface area contributed by atoms with Gasteiger partial charge >= 0.3 is 5.97 Å². The fourth-order valence-corrected chi connectivity index (χ4v) is 3.13. The van der Waals surface area contributed by atoms with Crippen LogP contribution in [0.3, 0.4) is 0 Å². The van der Waals surface area contributed by atoms with E-state index >= 15 is 0 Å². The van der Waals surface area contributed by atoms with Crippen molar-refractivity contribution >= 4 is 11.9 Å². The van der Waals surface area contributed by atoms with Crippen molar-refractivity contribution in [3.8, 4) is 0 Å². The average molecular weight is 387 g/mol. The number of nitrogens with zero attached hydrogens (tertiary/aromatic N) is 4. The molecule has 9 nitrogen and oxygen atoms in total. The monoisotopic (exact) mass is 387 g/mol. The van der Waals surface area contributed by atoms with Crippen LogP contribution in [0.5, 0.6) is 0 Å². The lowest BCUT2D eigenvalue weighted by Crippen LogP contribution is -2.33. The number of pyridine rings is 1.